The molecule has 0 amide bonds. The normalized spacial score (nSPS) is 10.4. The van der Waals surface area contributed by atoms with E-state index in [9.17, 15) is 0 Å². The highest BCUT2D eigenvalue weighted by atomic mass is 15.3. The Bertz CT molecular complexity index is 488. The minimum Gasteiger partial charge on any atom is -0.394 e. The summed E-state index contributed by atoms with van der Waals surface area (Å²) in [5.41, 5.74) is 9.00. The molecule has 3 N–H and O–H groups in total. The summed E-state index contributed by atoms with van der Waals surface area (Å²) in [6.07, 6.45) is 1.79. The van der Waals surface area contributed by atoms with Crippen LogP contribution in [0.3, 0.4) is 0 Å². The molecule has 1 aromatic heterocycles. The Morgan fingerprint density at radius 1 is 1.38 bits per heavy atom. The van der Waals surface area contributed by atoms with Crippen molar-refractivity contribution in [1.29, 1.82) is 0 Å². The lowest BCUT2D eigenvalue weighted by Gasteiger charge is -2.06. The fourth-order valence-electron chi connectivity index (χ4n) is 1.63. The highest BCUT2D eigenvalue weighted by molar-refractivity contribution is 5.60. The van der Waals surface area contributed by atoms with Crippen molar-refractivity contribution in [2.75, 3.05) is 11.1 Å². The first-order chi connectivity index (χ1) is 7.66. The van der Waals surface area contributed by atoms with Crippen molar-refractivity contribution in [1.82, 2.24) is 9.78 Å². The van der Waals surface area contributed by atoms with Crippen LogP contribution in [0.15, 0.2) is 30.5 Å². The molecule has 1 heterocycles. The molecule has 1 aromatic carbocycles. The number of hydrogen-bond acceptors (Lipinski definition) is 3. The van der Waals surface area contributed by atoms with Crippen molar-refractivity contribution in [3.63, 3.8) is 0 Å². The maximum atomic E-state index is 5.80. The highest BCUT2D eigenvalue weighted by Gasteiger charge is 2.03. The van der Waals surface area contributed by atoms with E-state index < -0.39 is 0 Å². The third kappa shape index (κ3) is 2.16. The van der Waals surface area contributed by atoms with Crippen molar-refractivity contribution in [3.05, 3.63) is 41.6 Å². The summed E-state index contributed by atoms with van der Waals surface area (Å²) in [7, 11) is 1.86. The Labute approximate surface area is 95.1 Å². The lowest BCUT2D eigenvalue weighted by atomic mass is 10.1. The fraction of sp³-hybridized carbons (Fsp3) is 0.250. The number of nitrogens with two attached hydrogens (primary N) is 1. The number of nitrogen functional groups attached to an aromatic ring is 1. The van der Waals surface area contributed by atoms with Gasteiger partial charge in [-0.1, -0.05) is 24.3 Å². The van der Waals surface area contributed by atoms with E-state index in [1.165, 1.54) is 11.1 Å². The van der Waals surface area contributed by atoms with Crippen molar-refractivity contribution >= 4 is 11.5 Å². The first-order valence-electron chi connectivity index (χ1n) is 5.24. The van der Waals surface area contributed by atoms with Crippen LogP contribution in [0, 0.1) is 6.92 Å². The van der Waals surface area contributed by atoms with Gasteiger partial charge in [-0.25, -0.2) is 0 Å². The Morgan fingerprint density at radius 3 is 2.75 bits per heavy atom. The topological polar surface area (TPSA) is 55.9 Å². The van der Waals surface area contributed by atoms with Gasteiger partial charge in [0.05, 0.1) is 5.69 Å². The fourth-order valence-corrected chi connectivity index (χ4v) is 1.63. The van der Waals surface area contributed by atoms with Crippen molar-refractivity contribution in [2.45, 2.75) is 13.5 Å². The molecule has 0 saturated heterocycles. The molecule has 0 radical (unpaired) electrons. The largest absolute Gasteiger partial charge is 0.394 e. The molecule has 2 rings (SSSR count). The zero-order valence-electron chi connectivity index (χ0n) is 9.57. The van der Waals surface area contributed by atoms with Crippen molar-refractivity contribution < 1.29 is 0 Å². The van der Waals surface area contributed by atoms with Gasteiger partial charge < -0.3 is 11.1 Å². The smallest absolute Gasteiger partial charge is 0.171 e. The molecule has 0 aliphatic heterocycles. The molecular formula is C12H16N4. The lowest BCUT2D eigenvalue weighted by Crippen LogP contribution is -2.03. The summed E-state index contributed by atoms with van der Waals surface area (Å²) in [4.78, 5) is 0. The van der Waals surface area contributed by atoms with Gasteiger partial charge >= 0.3 is 0 Å². The number of rotatable bonds is 3. The zero-order valence-corrected chi connectivity index (χ0v) is 9.57. The van der Waals surface area contributed by atoms with E-state index in [2.05, 4.69) is 29.5 Å². The second kappa shape index (κ2) is 4.26. The Kier molecular flexibility index (Phi) is 2.81. The molecule has 0 atom stereocenters. The molecule has 0 saturated carbocycles. The van der Waals surface area contributed by atoms with Gasteiger partial charge in [0.2, 0.25) is 0 Å². The van der Waals surface area contributed by atoms with Crippen LogP contribution in [0.4, 0.5) is 11.5 Å². The Morgan fingerprint density at radius 2 is 2.12 bits per heavy atom. The maximum absolute atomic E-state index is 5.80. The van der Waals surface area contributed by atoms with E-state index in [0.717, 1.165) is 12.4 Å². The van der Waals surface area contributed by atoms with Crippen LogP contribution in [0.1, 0.15) is 11.1 Å². The van der Waals surface area contributed by atoms with Gasteiger partial charge in [-0.05, 0) is 18.1 Å². The van der Waals surface area contributed by atoms with E-state index in [1.54, 1.807) is 10.9 Å². The van der Waals surface area contributed by atoms with Gasteiger partial charge in [0.25, 0.3) is 0 Å². The van der Waals surface area contributed by atoms with Gasteiger partial charge in [-0.2, -0.15) is 5.10 Å². The number of nitrogens with one attached hydrogen (secondary N) is 1. The predicted molar refractivity (Wildman–Crippen MR) is 66.1 cm³/mol. The second-order valence-electron chi connectivity index (χ2n) is 3.89. The molecular weight excluding hydrogens is 200 g/mol. The van der Waals surface area contributed by atoms with Crippen LogP contribution >= 0.6 is 0 Å². The second-order valence-corrected chi connectivity index (χ2v) is 3.89. The molecule has 2 aromatic rings. The molecule has 4 heteroatoms. The van der Waals surface area contributed by atoms with Crippen LogP contribution in [0.5, 0.6) is 0 Å². The van der Waals surface area contributed by atoms with Gasteiger partial charge in [0.15, 0.2) is 5.82 Å². The number of nitrogens with zero attached hydrogens (tertiary/aromatic N) is 2. The third-order valence-electron chi connectivity index (χ3n) is 2.56. The van der Waals surface area contributed by atoms with Gasteiger partial charge in [-0.3, -0.25) is 4.68 Å². The molecule has 0 unspecified atom stereocenters. The number of aromatic nitrogens is 2. The molecule has 0 aliphatic rings. The monoisotopic (exact) mass is 216 g/mol. The molecule has 84 valence electrons. The van der Waals surface area contributed by atoms with E-state index in [4.69, 9.17) is 5.73 Å². The number of aryl methyl sites for hydroxylation is 2. The average molecular weight is 216 g/mol. The Hall–Kier alpha value is -1.97. The van der Waals surface area contributed by atoms with E-state index in [0.29, 0.717) is 5.69 Å². The predicted octanol–water partition coefficient (Wildman–Crippen LogP) is 1.92. The van der Waals surface area contributed by atoms with E-state index in [-0.39, 0.29) is 0 Å². The van der Waals surface area contributed by atoms with Gasteiger partial charge in [-0.15, -0.1) is 0 Å². The molecule has 0 bridgehead atoms. The Balaban J connectivity index is 2.08. The van der Waals surface area contributed by atoms with Crippen molar-refractivity contribution in [2.24, 2.45) is 7.05 Å². The minimum atomic E-state index is 0.677. The molecule has 0 spiro atoms. The number of hydrogen-bond donors (Lipinski definition) is 2. The molecule has 0 fully saturated rings. The average Bonchev–Trinajstić information content (AvgIpc) is 2.56. The zero-order chi connectivity index (χ0) is 11.5. The summed E-state index contributed by atoms with van der Waals surface area (Å²) < 4.78 is 1.70. The molecule has 0 aliphatic carbocycles. The number of benzene rings is 1. The molecule has 4 nitrogen and oxygen atoms in total. The summed E-state index contributed by atoms with van der Waals surface area (Å²) in [6.45, 7) is 2.84. The minimum absolute atomic E-state index is 0.677. The standard InChI is InChI=1S/C12H16N4/c1-9-5-3-4-6-10(9)7-14-12-11(13)8-16(2)15-12/h3-6,8H,7,13H2,1-2H3,(H,14,15). The summed E-state index contributed by atoms with van der Waals surface area (Å²) in [5, 5.41) is 7.47. The molecule has 16 heavy (non-hydrogen) atoms. The highest BCUT2D eigenvalue weighted by Crippen LogP contribution is 2.16. The van der Waals surface area contributed by atoms with Crippen molar-refractivity contribution in [3.8, 4) is 0 Å². The van der Waals surface area contributed by atoms with Crippen LogP contribution in [-0.2, 0) is 13.6 Å². The van der Waals surface area contributed by atoms with Crippen LogP contribution in [0.25, 0.3) is 0 Å². The van der Waals surface area contributed by atoms with Gasteiger partial charge in [0, 0.05) is 19.8 Å². The quantitative estimate of drug-likeness (QED) is 0.824. The summed E-state index contributed by atoms with van der Waals surface area (Å²) in [5.74, 6) is 0.741. The van der Waals surface area contributed by atoms with Crippen LogP contribution in [-0.4, -0.2) is 9.78 Å². The SMILES string of the molecule is Cc1ccccc1CNc1nn(C)cc1N. The van der Waals surface area contributed by atoms with Crippen LogP contribution < -0.4 is 11.1 Å². The van der Waals surface area contributed by atoms with Crippen LogP contribution in [0.2, 0.25) is 0 Å². The number of anilines is 2. The van der Waals surface area contributed by atoms with Gasteiger partial charge in [0.1, 0.15) is 0 Å². The van der Waals surface area contributed by atoms with E-state index >= 15 is 0 Å². The van der Waals surface area contributed by atoms with E-state index in [1.807, 2.05) is 19.2 Å². The lowest BCUT2D eigenvalue weighted by molar-refractivity contribution is 0.768. The first kappa shape index (κ1) is 10.5. The summed E-state index contributed by atoms with van der Waals surface area (Å²) in [6, 6.07) is 8.26. The third-order valence-corrected chi connectivity index (χ3v) is 2.56. The maximum Gasteiger partial charge on any atom is 0.171 e. The first-order valence-corrected chi connectivity index (χ1v) is 5.24. The summed E-state index contributed by atoms with van der Waals surface area (Å²) >= 11 is 0.